The Bertz CT molecular complexity index is 1220. The van der Waals surface area contributed by atoms with Crippen molar-refractivity contribution in [3.63, 3.8) is 0 Å². The predicted octanol–water partition coefficient (Wildman–Crippen LogP) is 4.31. The Balaban J connectivity index is 1.76. The molecular weight excluding hydrogens is 396 g/mol. The van der Waals surface area contributed by atoms with Crippen LogP contribution in [0.15, 0.2) is 40.8 Å². The van der Waals surface area contributed by atoms with E-state index in [4.69, 9.17) is 0 Å². The summed E-state index contributed by atoms with van der Waals surface area (Å²) in [5, 5.41) is 21.7. The number of aryl methyl sites for hydroxylation is 2. The molecule has 2 N–H and O–H groups in total. The van der Waals surface area contributed by atoms with Crippen molar-refractivity contribution in [2.45, 2.75) is 34.2 Å². The molecule has 30 heavy (non-hydrogen) atoms. The molecule has 0 radical (unpaired) electrons. The van der Waals surface area contributed by atoms with Crippen LogP contribution in [-0.4, -0.2) is 39.3 Å². The van der Waals surface area contributed by atoms with E-state index < -0.39 is 0 Å². The minimum atomic E-state index is 0.148. The summed E-state index contributed by atoms with van der Waals surface area (Å²) < 4.78 is 1.94. The zero-order valence-corrected chi connectivity index (χ0v) is 18.6. The van der Waals surface area contributed by atoms with Crippen molar-refractivity contribution in [2.24, 2.45) is 10.2 Å². The van der Waals surface area contributed by atoms with Crippen LogP contribution in [0.4, 0.5) is 11.5 Å². The van der Waals surface area contributed by atoms with Crippen LogP contribution in [0.2, 0.25) is 0 Å². The van der Waals surface area contributed by atoms with Crippen molar-refractivity contribution in [3.05, 3.63) is 41.0 Å². The molecule has 0 amide bonds. The van der Waals surface area contributed by atoms with Gasteiger partial charge < -0.3 is 14.6 Å². The maximum atomic E-state index is 11.0. The lowest BCUT2D eigenvalue weighted by atomic mass is 10.2. The van der Waals surface area contributed by atoms with Crippen LogP contribution in [-0.2, 0) is 6.54 Å². The van der Waals surface area contributed by atoms with Crippen LogP contribution in [0.3, 0.4) is 0 Å². The average Bonchev–Trinajstić information content (AvgIpc) is 3.20. The number of rotatable bonds is 7. The van der Waals surface area contributed by atoms with Crippen molar-refractivity contribution in [3.8, 4) is 5.88 Å². The van der Waals surface area contributed by atoms with Crippen molar-refractivity contribution >= 4 is 44.0 Å². The Morgan fingerprint density at radius 3 is 2.63 bits per heavy atom. The van der Waals surface area contributed by atoms with Gasteiger partial charge in [-0.1, -0.05) is 18.2 Å². The highest BCUT2D eigenvalue weighted by Gasteiger charge is 2.18. The maximum absolute atomic E-state index is 11.0. The smallest absolute Gasteiger partial charge is 0.220 e. The van der Waals surface area contributed by atoms with Gasteiger partial charge in [0.25, 0.3) is 0 Å². The van der Waals surface area contributed by atoms with E-state index in [0.717, 1.165) is 52.9 Å². The number of quaternary nitrogens is 1. The lowest BCUT2D eigenvalue weighted by Gasteiger charge is -2.16. The van der Waals surface area contributed by atoms with Gasteiger partial charge >= 0.3 is 0 Å². The zero-order chi connectivity index (χ0) is 21.3. The zero-order valence-electron chi connectivity index (χ0n) is 17.8. The summed E-state index contributed by atoms with van der Waals surface area (Å²) in [6.45, 7) is 12.3. The van der Waals surface area contributed by atoms with Gasteiger partial charge in [0.1, 0.15) is 11.2 Å². The number of hydrogen-bond acceptors (Lipinski definition) is 6. The number of aromatic nitrogens is 3. The number of azo groups is 1. The van der Waals surface area contributed by atoms with Gasteiger partial charge in [-0.05, 0) is 39.3 Å². The third kappa shape index (κ3) is 3.57. The molecule has 0 saturated heterocycles. The highest BCUT2D eigenvalue weighted by Crippen LogP contribution is 2.40. The molecule has 0 saturated carbocycles. The van der Waals surface area contributed by atoms with Crippen LogP contribution in [0.25, 0.3) is 21.1 Å². The number of thiophene rings is 1. The van der Waals surface area contributed by atoms with E-state index in [2.05, 4.69) is 47.9 Å². The molecule has 0 aliphatic heterocycles. The standard InChI is InChI=1S/C22H26N6OS/c1-5-27(6-2)11-12-28-17-10-8-7-9-16(17)19(22(28)29)25-26-20-18-14(3)15(4)30-21(18)24-13-23-20/h7-10,13,29H,5-6,11-12H2,1-4H3/p+1. The van der Waals surface area contributed by atoms with Crippen molar-refractivity contribution in [2.75, 3.05) is 19.6 Å². The Morgan fingerprint density at radius 2 is 1.87 bits per heavy atom. The Morgan fingerprint density at radius 1 is 1.10 bits per heavy atom. The summed E-state index contributed by atoms with van der Waals surface area (Å²) in [7, 11) is 0. The van der Waals surface area contributed by atoms with Gasteiger partial charge in [0.05, 0.1) is 37.1 Å². The maximum Gasteiger partial charge on any atom is 0.220 e. The van der Waals surface area contributed by atoms with Gasteiger partial charge in [0, 0.05) is 10.3 Å². The molecule has 0 fully saturated rings. The second kappa shape index (κ2) is 8.49. The molecular formula is C22H27N6OS+. The largest absolute Gasteiger partial charge is 0.493 e. The second-order valence-electron chi connectivity index (χ2n) is 7.41. The minimum Gasteiger partial charge on any atom is -0.493 e. The molecule has 0 spiro atoms. The summed E-state index contributed by atoms with van der Waals surface area (Å²) in [5.74, 6) is 0.681. The average molecular weight is 424 g/mol. The minimum absolute atomic E-state index is 0.148. The molecule has 3 heterocycles. The normalized spacial score (nSPS) is 12.2. The number of fused-ring (bicyclic) bond motifs is 2. The summed E-state index contributed by atoms with van der Waals surface area (Å²) in [5.41, 5.74) is 2.57. The Hall–Kier alpha value is -2.84. The van der Waals surface area contributed by atoms with Crippen LogP contribution in [0, 0.1) is 13.8 Å². The van der Waals surface area contributed by atoms with E-state index in [0.29, 0.717) is 11.5 Å². The first-order valence-corrected chi connectivity index (χ1v) is 11.1. The predicted molar refractivity (Wildman–Crippen MR) is 122 cm³/mol. The number of nitrogens with zero attached hydrogens (tertiary/aromatic N) is 5. The number of likely N-dealkylation sites (N-methyl/N-ethyl adjacent to an activating group) is 1. The fraction of sp³-hybridized carbons (Fsp3) is 0.364. The fourth-order valence-electron chi connectivity index (χ4n) is 3.81. The molecule has 1 aromatic carbocycles. The number of aromatic hydroxyl groups is 1. The molecule has 0 atom stereocenters. The lowest BCUT2D eigenvalue weighted by Crippen LogP contribution is -3.11. The van der Waals surface area contributed by atoms with Gasteiger partial charge in [0.15, 0.2) is 11.5 Å². The van der Waals surface area contributed by atoms with Gasteiger partial charge in [0.2, 0.25) is 5.88 Å². The van der Waals surface area contributed by atoms with Crippen LogP contribution < -0.4 is 4.90 Å². The fourth-order valence-corrected chi connectivity index (χ4v) is 4.80. The van der Waals surface area contributed by atoms with Gasteiger partial charge in [-0.25, -0.2) is 9.97 Å². The summed E-state index contributed by atoms with van der Waals surface area (Å²) in [4.78, 5) is 12.3. The number of hydrogen-bond donors (Lipinski definition) is 2. The van der Waals surface area contributed by atoms with E-state index in [9.17, 15) is 5.11 Å². The third-order valence-electron chi connectivity index (χ3n) is 5.80. The molecule has 0 unspecified atom stereocenters. The molecule has 4 aromatic rings. The highest BCUT2D eigenvalue weighted by atomic mass is 32.1. The van der Waals surface area contributed by atoms with Crippen molar-refractivity contribution < 1.29 is 10.0 Å². The van der Waals surface area contributed by atoms with E-state index in [1.54, 1.807) is 11.3 Å². The van der Waals surface area contributed by atoms with E-state index in [-0.39, 0.29) is 5.88 Å². The van der Waals surface area contributed by atoms with E-state index in [1.807, 2.05) is 28.8 Å². The molecule has 7 nitrogen and oxygen atoms in total. The van der Waals surface area contributed by atoms with Crippen LogP contribution >= 0.6 is 11.3 Å². The molecule has 3 aromatic heterocycles. The monoisotopic (exact) mass is 423 g/mol. The van der Waals surface area contributed by atoms with Crippen molar-refractivity contribution in [1.29, 1.82) is 0 Å². The quantitative estimate of drug-likeness (QED) is 0.435. The molecule has 156 valence electrons. The number of para-hydroxylation sites is 1. The summed E-state index contributed by atoms with van der Waals surface area (Å²) in [6.07, 6.45) is 1.52. The van der Waals surface area contributed by atoms with E-state index >= 15 is 0 Å². The van der Waals surface area contributed by atoms with Crippen LogP contribution in [0.5, 0.6) is 5.88 Å². The number of benzene rings is 1. The van der Waals surface area contributed by atoms with Crippen molar-refractivity contribution in [1.82, 2.24) is 14.5 Å². The summed E-state index contributed by atoms with van der Waals surface area (Å²) in [6, 6.07) is 7.92. The topological polar surface area (TPSA) is 80.1 Å². The summed E-state index contributed by atoms with van der Waals surface area (Å²) >= 11 is 1.63. The first kappa shape index (κ1) is 20.4. The lowest BCUT2D eigenvalue weighted by molar-refractivity contribution is -0.897. The van der Waals surface area contributed by atoms with E-state index in [1.165, 1.54) is 16.1 Å². The molecule has 0 aliphatic rings. The second-order valence-corrected chi connectivity index (χ2v) is 8.61. The number of nitrogens with one attached hydrogen (secondary N) is 1. The van der Waals surface area contributed by atoms with Gasteiger partial charge in [-0.15, -0.1) is 21.6 Å². The SMILES string of the molecule is CC[NH+](CC)CCn1c(O)c(N=Nc2ncnc3sc(C)c(C)c23)c2ccccc21. The molecule has 8 heteroatoms. The Kier molecular flexibility index (Phi) is 5.78. The first-order valence-electron chi connectivity index (χ1n) is 10.3. The molecule has 4 rings (SSSR count). The molecule has 0 aliphatic carbocycles. The van der Waals surface area contributed by atoms with Gasteiger partial charge in [-0.3, -0.25) is 0 Å². The highest BCUT2D eigenvalue weighted by molar-refractivity contribution is 7.18. The Labute approximate surface area is 179 Å². The first-order chi connectivity index (χ1) is 14.5. The van der Waals surface area contributed by atoms with Crippen LogP contribution in [0.1, 0.15) is 24.3 Å². The third-order valence-corrected chi connectivity index (χ3v) is 6.91. The molecule has 0 bridgehead atoms. The van der Waals surface area contributed by atoms with Gasteiger partial charge in [-0.2, -0.15) is 0 Å².